The Bertz CT molecular complexity index is 138. The number of hydrogen-bond acceptors (Lipinski definition) is 8. The van der Waals surface area contributed by atoms with Gasteiger partial charge in [0.1, 0.15) is 0 Å². The van der Waals surface area contributed by atoms with Crippen molar-refractivity contribution in [1.82, 2.24) is 0 Å². The maximum Gasteiger partial charge on any atom is 1.00 e. The fourth-order valence-corrected chi connectivity index (χ4v) is 1.76. The van der Waals surface area contributed by atoms with Crippen LogP contribution in [0.3, 0.4) is 0 Å². The summed E-state index contributed by atoms with van der Waals surface area (Å²) in [6.07, 6.45) is 0. The predicted octanol–water partition coefficient (Wildman–Crippen LogP) is -2.86. The van der Waals surface area contributed by atoms with E-state index in [-0.39, 0.29) is 51.4 Å². The number of hydrogen-bond donors (Lipinski definition) is 0. The van der Waals surface area contributed by atoms with Crippen LogP contribution in [0.4, 0.5) is 0 Å². The molecule has 9 heteroatoms. The molecule has 2 saturated heterocycles. The number of ether oxygens (including phenoxy) is 8. The van der Waals surface area contributed by atoms with Gasteiger partial charge in [-0.15, -0.1) is 0 Å². The minimum atomic E-state index is 0. The Morgan fingerprint density at radius 1 is 0.200 bits per heavy atom. The average molecular weight is 392 g/mol. The van der Waals surface area contributed by atoms with Crippen LogP contribution in [0.15, 0.2) is 0 Å². The van der Waals surface area contributed by atoms with Crippen molar-refractivity contribution in [2.75, 3.05) is 106 Å². The number of rotatable bonds is 0. The monoisotopic (exact) mass is 391 g/mol. The first-order chi connectivity index (χ1) is 12.0. The van der Waals surface area contributed by atoms with E-state index >= 15 is 0 Å². The van der Waals surface area contributed by atoms with Gasteiger partial charge in [-0.1, -0.05) is 0 Å². The fraction of sp³-hybridized carbons (Fsp3) is 1.00. The summed E-state index contributed by atoms with van der Waals surface area (Å²) >= 11 is 0. The van der Waals surface area contributed by atoms with Crippen LogP contribution >= 0.6 is 0 Å². The van der Waals surface area contributed by atoms with Gasteiger partial charge in [0.25, 0.3) is 0 Å². The van der Waals surface area contributed by atoms with E-state index < -0.39 is 0 Å². The summed E-state index contributed by atoms with van der Waals surface area (Å²) in [6, 6.07) is 0. The van der Waals surface area contributed by atoms with Crippen molar-refractivity contribution in [2.45, 2.75) is 0 Å². The first-order valence-electron chi connectivity index (χ1n) is 8.62. The van der Waals surface area contributed by atoms with E-state index in [2.05, 4.69) is 0 Å². The molecule has 0 saturated carbocycles. The molecule has 0 aliphatic carbocycles. The van der Waals surface area contributed by atoms with E-state index in [1.165, 1.54) is 0 Å². The second kappa shape index (κ2) is 23.4. The van der Waals surface area contributed by atoms with Gasteiger partial charge in [0, 0.05) is 0 Å². The summed E-state index contributed by atoms with van der Waals surface area (Å²) in [5.41, 5.74) is 0. The Labute approximate surface area is 193 Å². The third-order valence-electron chi connectivity index (χ3n) is 2.98. The summed E-state index contributed by atoms with van der Waals surface area (Å²) in [5.74, 6) is 0. The van der Waals surface area contributed by atoms with Gasteiger partial charge in [0.2, 0.25) is 0 Å². The zero-order valence-corrected chi connectivity index (χ0v) is 18.7. The topological polar surface area (TPSA) is 73.8 Å². The van der Waals surface area contributed by atoms with E-state index in [0.29, 0.717) is 106 Å². The molecular formula is C16H32KO8+. The molecule has 0 unspecified atom stereocenters. The Morgan fingerprint density at radius 2 is 0.280 bits per heavy atom. The molecule has 0 aromatic rings. The molecule has 0 bridgehead atoms. The largest absolute Gasteiger partial charge is 1.00 e. The molecule has 2 heterocycles. The summed E-state index contributed by atoms with van der Waals surface area (Å²) in [6.45, 7) is 10.3. The van der Waals surface area contributed by atoms with Crippen LogP contribution in [0.25, 0.3) is 0 Å². The Kier molecular flexibility index (Phi) is 24.6. The molecule has 0 aromatic carbocycles. The molecule has 0 radical (unpaired) electrons. The molecular weight excluding hydrogens is 359 g/mol. The molecule has 2 fully saturated rings. The van der Waals surface area contributed by atoms with Crippen molar-refractivity contribution < 1.29 is 89.3 Å². The third-order valence-corrected chi connectivity index (χ3v) is 2.98. The summed E-state index contributed by atoms with van der Waals surface area (Å²) in [7, 11) is 0. The Balaban J connectivity index is 0.000000443. The zero-order valence-electron chi connectivity index (χ0n) is 15.6. The third kappa shape index (κ3) is 21.5. The molecule has 8 nitrogen and oxygen atoms in total. The molecule has 0 amide bonds. The van der Waals surface area contributed by atoms with Gasteiger partial charge in [-0.2, -0.15) is 0 Å². The van der Waals surface area contributed by atoms with Crippen LogP contribution in [0.2, 0.25) is 0 Å². The quantitative estimate of drug-likeness (QED) is 0.408. The van der Waals surface area contributed by atoms with Crippen molar-refractivity contribution in [3.8, 4) is 0 Å². The van der Waals surface area contributed by atoms with Gasteiger partial charge in [-0.05, 0) is 0 Å². The maximum absolute atomic E-state index is 5.22. The average Bonchev–Trinajstić information content (AvgIpc) is 2.56. The van der Waals surface area contributed by atoms with Crippen molar-refractivity contribution in [2.24, 2.45) is 0 Å². The summed E-state index contributed by atoms with van der Waals surface area (Å²) in [4.78, 5) is 0. The van der Waals surface area contributed by atoms with E-state index in [1.54, 1.807) is 0 Å². The molecule has 0 atom stereocenters. The van der Waals surface area contributed by atoms with Gasteiger partial charge in [0.15, 0.2) is 0 Å². The minimum absolute atomic E-state index is 0. The van der Waals surface area contributed by atoms with Gasteiger partial charge in [0.05, 0.1) is 106 Å². The van der Waals surface area contributed by atoms with Crippen molar-refractivity contribution >= 4 is 0 Å². The van der Waals surface area contributed by atoms with E-state index in [9.17, 15) is 0 Å². The van der Waals surface area contributed by atoms with Crippen LogP contribution in [0.5, 0.6) is 0 Å². The van der Waals surface area contributed by atoms with Crippen LogP contribution in [-0.2, 0) is 37.9 Å². The van der Waals surface area contributed by atoms with E-state index in [0.717, 1.165) is 0 Å². The van der Waals surface area contributed by atoms with Crippen LogP contribution in [0.1, 0.15) is 0 Å². The second-order valence-electron chi connectivity index (χ2n) is 4.90. The molecule has 25 heavy (non-hydrogen) atoms. The Morgan fingerprint density at radius 3 is 0.360 bits per heavy atom. The molecule has 2 rings (SSSR count). The smallest absolute Gasteiger partial charge is 0.377 e. The van der Waals surface area contributed by atoms with Gasteiger partial charge in [-0.25, -0.2) is 0 Å². The summed E-state index contributed by atoms with van der Waals surface area (Å²) < 4.78 is 41.7. The van der Waals surface area contributed by atoms with Crippen molar-refractivity contribution in [3.05, 3.63) is 0 Å². The molecule has 2 aliphatic rings. The van der Waals surface area contributed by atoms with Crippen LogP contribution in [-0.4, -0.2) is 106 Å². The van der Waals surface area contributed by atoms with Gasteiger partial charge >= 0.3 is 51.4 Å². The molecule has 0 aromatic heterocycles. The van der Waals surface area contributed by atoms with Crippen LogP contribution < -0.4 is 51.4 Å². The second-order valence-corrected chi connectivity index (χ2v) is 4.90. The maximum atomic E-state index is 5.22. The fourth-order valence-electron chi connectivity index (χ4n) is 1.76. The van der Waals surface area contributed by atoms with Gasteiger partial charge in [-0.3, -0.25) is 0 Å². The normalized spacial score (nSPS) is 23.0. The summed E-state index contributed by atoms with van der Waals surface area (Å²) in [5, 5.41) is 0. The first-order valence-corrected chi connectivity index (χ1v) is 8.62. The van der Waals surface area contributed by atoms with E-state index in [4.69, 9.17) is 37.9 Å². The standard InChI is InChI=1S/2C8H16O4.K/c2*1-2-10-5-6-12-8-7-11-4-3-9-1;/h2*1-8H2;/q;;+1. The molecule has 144 valence electrons. The minimum Gasteiger partial charge on any atom is -0.377 e. The van der Waals surface area contributed by atoms with Gasteiger partial charge < -0.3 is 37.9 Å². The SMILES string of the molecule is C1COCCOCCOCCO1.C1COCCOCCOCCO1.[K+]. The van der Waals surface area contributed by atoms with E-state index in [1.807, 2.05) is 0 Å². The molecule has 0 N–H and O–H groups in total. The molecule has 0 spiro atoms. The first kappa shape index (κ1) is 26.3. The molecule has 2 aliphatic heterocycles. The zero-order chi connectivity index (χ0) is 17.0. The van der Waals surface area contributed by atoms with Crippen molar-refractivity contribution in [3.63, 3.8) is 0 Å². The van der Waals surface area contributed by atoms with Crippen molar-refractivity contribution in [1.29, 1.82) is 0 Å². The Hall–Kier alpha value is 1.32. The van der Waals surface area contributed by atoms with Crippen LogP contribution in [0, 0.1) is 0 Å². The predicted molar refractivity (Wildman–Crippen MR) is 86.6 cm³/mol.